The van der Waals surface area contributed by atoms with Crippen molar-refractivity contribution in [3.63, 3.8) is 0 Å². The van der Waals surface area contributed by atoms with Gasteiger partial charge in [0.05, 0.1) is 18.7 Å². The van der Waals surface area contributed by atoms with Crippen molar-refractivity contribution in [1.29, 1.82) is 0 Å². The van der Waals surface area contributed by atoms with Crippen molar-refractivity contribution in [3.8, 4) is 17.1 Å². The average Bonchev–Trinajstić information content (AvgIpc) is 2.85. The van der Waals surface area contributed by atoms with Gasteiger partial charge >= 0.3 is 0 Å². The molecular weight excluding hydrogens is 306 g/mol. The summed E-state index contributed by atoms with van der Waals surface area (Å²) in [6.45, 7) is 0.0931. The van der Waals surface area contributed by atoms with E-state index in [1.807, 2.05) is 0 Å². The lowest BCUT2D eigenvalue weighted by molar-refractivity contribution is 0.380. The number of nitrogens with zero attached hydrogens (tertiary/aromatic N) is 2. The molecule has 0 saturated carbocycles. The Morgan fingerprint density at radius 2 is 2.15 bits per heavy atom. The number of hydrogen-bond donors (Lipinski definition) is 1. The van der Waals surface area contributed by atoms with E-state index in [1.54, 1.807) is 0 Å². The van der Waals surface area contributed by atoms with Crippen LogP contribution in [0.25, 0.3) is 11.4 Å². The maximum atomic E-state index is 11.8. The van der Waals surface area contributed by atoms with Crippen molar-refractivity contribution in [3.05, 3.63) is 23.0 Å². The largest absolute Gasteiger partial charge is 0.494 e. The summed E-state index contributed by atoms with van der Waals surface area (Å²) in [5.41, 5.74) is 5.78. The number of ether oxygens (including phenoxy) is 1. The minimum Gasteiger partial charge on any atom is -0.494 e. The summed E-state index contributed by atoms with van der Waals surface area (Å²) < 4.78 is 33.5. The van der Waals surface area contributed by atoms with Crippen molar-refractivity contribution in [2.75, 3.05) is 13.4 Å². The van der Waals surface area contributed by atoms with Crippen LogP contribution in [-0.2, 0) is 16.4 Å². The van der Waals surface area contributed by atoms with Crippen molar-refractivity contribution < 1.29 is 17.7 Å². The molecule has 1 aromatic carbocycles. The van der Waals surface area contributed by atoms with Crippen molar-refractivity contribution in [2.24, 2.45) is 5.73 Å². The van der Waals surface area contributed by atoms with Gasteiger partial charge in [0, 0.05) is 11.8 Å². The van der Waals surface area contributed by atoms with Gasteiger partial charge in [-0.05, 0) is 12.1 Å². The van der Waals surface area contributed by atoms with E-state index < -0.39 is 9.84 Å². The van der Waals surface area contributed by atoms with Crippen LogP contribution >= 0.6 is 11.6 Å². The van der Waals surface area contributed by atoms with Crippen LogP contribution in [0.4, 0.5) is 0 Å². The molecule has 0 fully saturated rings. The lowest BCUT2D eigenvalue weighted by Gasteiger charge is -2.10. The summed E-state index contributed by atoms with van der Waals surface area (Å²) in [6, 6.07) is 2.88. The van der Waals surface area contributed by atoms with E-state index in [0.717, 1.165) is 6.26 Å². The Labute approximate surface area is 120 Å². The summed E-state index contributed by atoms with van der Waals surface area (Å²) >= 11 is 6.03. The topological polar surface area (TPSA) is 108 Å². The van der Waals surface area contributed by atoms with Crippen LogP contribution in [0.2, 0.25) is 5.02 Å². The quantitative estimate of drug-likeness (QED) is 0.904. The number of rotatable bonds is 4. The van der Waals surface area contributed by atoms with Gasteiger partial charge in [-0.1, -0.05) is 16.8 Å². The first-order chi connectivity index (χ1) is 9.36. The zero-order valence-corrected chi connectivity index (χ0v) is 12.3. The molecule has 0 aliphatic heterocycles. The summed E-state index contributed by atoms with van der Waals surface area (Å²) in [6.07, 6.45) is 1.06. The van der Waals surface area contributed by atoms with E-state index in [1.165, 1.54) is 19.2 Å². The Bertz CT molecular complexity index is 742. The van der Waals surface area contributed by atoms with E-state index in [9.17, 15) is 8.42 Å². The van der Waals surface area contributed by atoms with Gasteiger partial charge in [0.1, 0.15) is 4.90 Å². The van der Waals surface area contributed by atoms with Gasteiger partial charge in [0.25, 0.3) is 0 Å². The van der Waals surface area contributed by atoms with Crippen LogP contribution in [0.15, 0.2) is 21.6 Å². The number of methoxy groups -OCH3 is 1. The van der Waals surface area contributed by atoms with Crippen molar-refractivity contribution in [1.82, 2.24) is 10.1 Å². The summed E-state index contributed by atoms with van der Waals surface area (Å²) in [7, 11) is -2.17. The molecule has 0 spiro atoms. The normalized spacial score (nSPS) is 11.6. The summed E-state index contributed by atoms with van der Waals surface area (Å²) in [5, 5.41) is 3.86. The average molecular weight is 318 g/mol. The zero-order valence-electron chi connectivity index (χ0n) is 10.8. The van der Waals surface area contributed by atoms with E-state index in [0.29, 0.717) is 5.56 Å². The van der Waals surface area contributed by atoms with Crippen molar-refractivity contribution in [2.45, 2.75) is 11.4 Å². The Kier molecular flexibility index (Phi) is 3.98. The molecule has 2 rings (SSSR count). The fraction of sp³-hybridized carbons (Fsp3) is 0.273. The summed E-state index contributed by atoms with van der Waals surface area (Å²) in [5.74, 6) is 0.535. The maximum Gasteiger partial charge on any atom is 0.240 e. The van der Waals surface area contributed by atoms with Gasteiger partial charge in [-0.3, -0.25) is 0 Å². The van der Waals surface area contributed by atoms with Crippen LogP contribution in [0.3, 0.4) is 0 Å². The highest BCUT2D eigenvalue weighted by molar-refractivity contribution is 7.90. The minimum atomic E-state index is -3.52. The van der Waals surface area contributed by atoms with Crippen molar-refractivity contribution >= 4 is 21.4 Å². The molecule has 0 aliphatic rings. The molecule has 2 N–H and O–H groups in total. The number of aromatic nitrogens is 2. The number of nitrogens with two attached hydrogens (primary N) is 1. The lowest BCUT2D eigenvalue weighted by Crippen LogP contribution is -2.02. The fourth-order valence-corrected chi connectivity index (χ4v) is 2.85. The molecule has 9 heteroatoms. The van der Waals surface area contributed by atoms with Crippen LogP contribution in [0.5, 0.6) is 5.75 Å². The molecule has 0 unspecified atom stereocenters. The molecule has 0 radical (unpaired) electrons. The second kappa shape index (κ2) is 5.39. The van der Waals surface area contributed by atoms with Gasteiger partial charge in [-0.2, -0.15) is 4.98 Å². The highest BCUT2D eigenvalue weighted by atomic mass is 35.5. The first-order valence-electron chi connectivity index (χ1n) is 5.47. The van der Waals surface area contributed by atoms with Crippen LogP contribution < -0.4 is 10.5 Å². The lowest BCUT2D eigenvalue weighted by atomic mass is 10.2. The number of sulfone groups is 1. The van der Waals surface area contributed by atoms with Crippen LogP contribution in [-0.4, -0.2) is 31.9 Å². The molecule has 0 bridgehead atoms. The summed E-state index contributed by atoms with van der Waals surface area (Å²) in [4.78, 5) is 3.98. The minimum absolute atomic E-state index is 0.0402. The third-order valence-electron chi connectivity index (χ3n) is 2.51. The molecule has 0 atom stereocenters. The van der Waals surface area contributed by atoms with Gasteiger partial charge in [-0.15, -0.1) is 0 Å². The second-order valence-electron chi connectivity index (χ2n) is 3.98. The predicted octanol–water partition coefficient (Wildman–Crippen LogP) is 1.26. The molecular formula is C11H12ClN3O4S. The zero-order chi connectivity index (χ0) is 14.9. The Morgan fingerprint density at radius 3 is 2.65 bits per heavy atom. The molecule has 7 nitrogen and oxygen atoms in total. The first-order valence-corrected chi connectivity index (χ1v) is 7.74. The SMILES string of the molecule is COc1c(Cl)cc(-c2noc(CN)n2)cc1S(C)(=O)=O. The second-order valence-corrected chi connectivity index (χ2v) is 6.37. The molecule has 0 aliphatic carbocycles. The van der Waals surface area contributed by atoms with E-state index >= 15 is 0 Å². The molecule has 108 valence electrons. The highest BCUT2D eigenvalue weighted by Gasteiger charge is 2.21. The highest BCUT2D eigenvalue weighted by Crippen LogP contribution is 2.36. The molecule has 20 heavy (non-hydrogen) atoms. The molecule has 1 aromatic heterocycles. The molecule has 2 aromatic rings. The first kappa shape index (κ1) is 14.8. The van der Waals surface area contributed by atoms with Gasteiger partial charge < -0.3 is 15.0 Å². The van der Waals surface area contributed by atoms with Crippen LogP contribution in [0.1, 0.15) is 5.89 Å². The smallest absolute Gasteiger partial charge is 0.240 e. The molecule has 0 amide bonds. The van der Waals surface area contributed by atoms with Gasteiger partial charge in [0.15, 0.2) is 15.6 Å². The Hall–Kier alpha value is -1.64. The Morgan fingerprint density at radius 1 is 1.45 bits per heavy atom. The van der Waals surface area contributed by atoms with Gasteiger partial charge in [0.2, 0.25) is 11.7 Å². The molecule has 1 heterocycles. The predicted molar refractivity (Wildman–Crippen MR) is 72.3 cm³/mol. The fourth-order valence-electron chi connectivity index (χ4n) is 1.63. The number of benzene rings is 1. The third-order valence-corrected chi connectivity index (χ3v) is 3.90. The van der Waals surface area contributed by atoms with E-state index in [4.69, 9.17) is 26.6 Å². The number of hydrogen-bond acceptors (Lipinski definition) is 7. The monoisotopic (exact) mass is 317 g/mol. The standard InChI is InChI=1S/C11H12ClN3O4S/c1-18-10-7(12)3-6(4-8(10)20(2,16)17)11-14-9(5-13)19-15-11/h3-4H,5,13H2,1-2H3. The van der Waals surface area contributed by atoms with E-state index in [-0.39, 0.29) is 33.9 Å². The molecule has 0 saturated heterocycles. The number of halogens is 1. The van der Waals surface area contributed by atoms with E-state index in [2.05, 4.69) is 10.1 Å². The third kappa shape index (κ3) is 2.77. The van der Waals surface area contributed by atoms with Crippen LogP contribution in [0, 0.1) is 0 Å². The maximum absolute atomic E-state index is 11.8. The van der Waals surface area contributed by atoms with Gasteiger partial charge in [-0.25, -0.2) is 8.42 Å². The Balaban J connectivity index is 2.65.